The van der Waals surface area contributed by atoms with Gasteiger partial charge in [-0.1, -0.05) is 30.3 Å². The maximum Gasteiger partial charge on any atom is 0.223 e. The van der Waals surface area contributed by atoms with Gasteiger partial charge in [0, 0.05) is 25.1 Å². The Morgan fingerprint density at radius 1 is 1.10 bits per heavy atom. The zero-order valence-corrected chi connectivity index (χ0v) is 17.8. The van der Waals surface area contributed by atoms with Gasteiger partial charge in [-0.3, -0.25) is 9.78 Å². The lowest BCUT2D eigenvalue weighted by atomic mass is 10.1. The normalized spacial score (nSPS) is 15.8. The quantitative estimate of drug-likeness (QED) is 0.535. The molecule has 1 fully saturated rings. The van der Waals surface area contributed by atoms with Crippen molar-refractivity contribution in [2.24, 2.45) is 0 Å². The molecule has 1 atom stereocenters. The number of ether oxygens (including phenoxy) is 1. The van der Waals surface area contributed by atoms with Gasteiger partial charge in [-0.25, -0.2) is 4.39 Å². The number of likely N-dealkylation sites (tertiary alicyclic amines) is 1. The lowest BCUT2D eigenvalue weighted by Gasteiger charge is -2.25. The van der Waals surface area contributed by atoms with E-state index in [2.05, 4.69) is 0 Å². The molecule has 5 heteroatoms. The zero-order chi connectivity index (χ0) is 21.6. The van der Waals surface area contributed by atoms with Crippen LogP contribution in [0.15, 0.2) is 66.7 Å². The topological polar surface area (TPSA) is 42.4 Å². The van der Waals surface area contributed by atoms with E-state index >= 15 is 0 Å². The van der Waals surface area contributed by atoms with E-state index in [1.165, 1.54) is 6.07 Å². The Kier molecular flexibility index (Phi) is 6.60. The minimum absolute atomic E-state index is 0.0100. The van der Waals surface area contributed by atoms with E-state index in [9.17, 15) is 9.18 Å². The van der Waals surface area contributed by atoms with Crippen molar-refractivity contribution in [3.05, 3.63) is 95.1 Å². The second-order valence-electron chi connectivity index (χ2n) is 7.95. The lowest BCUT2D eigenvalue weighted by molar-refractivity contribution is -0.132. The molecule has 0 spiro atoms. The second-order valence-corrected chi connectivity index (χ2v) is 7.95. The highest BCUT2D eigenvalue weighted by molar-refractivity contribution is 5.77. The lowest BCUT2D eigenvalue weighted by Crippen LogP contribution is -2.31. The van der Waals surface area contributed by atoms with Crippen LogP contribution in [0.25, 0.3) is 0 Å². The third-order valence-corrected chi connectivity index (χ3v) is 5.80. The summed E-state index contributed by atoms with van der Waals surface area (Å²) in [5.74, 6) is 0.743. The number of halogens is 1. The third kappa shape index (κ3) is 5.29. The molecule has 1 aliphatic heterocycles. The summed E-state index contributed by atoms with van der Waals surface area (Å²) in [5.41, 5.74) is 3.83. The van der Waals surface area contributed by atoms with Crippen LogP contribution in [0.4, 0.5) is 4.39 Å². The van der Waals surface area contributed by atoms with Crippen LogP contribution in [0.1, 0.15) is 47.8 Å². The number of hydrogen-bond acceptors (Lipinski definition) is 3. The van der Waals surface area contributed by atoms with E-state index in [1.54, 1.807) is 19.2 Å². The summed E-state index contributed by atoms with van der Waals surface area (Å²) in [6.07, 6.45) is 3.66. The molecule has 0 bridgehead atoms. The van der Waals surface area contributed by atoms with Gasteiger partial charge in [0.05, 0.1) is 18.8 Å². The molecule has 2 heterocycles. The number of carbonyl (C=O) groups is 1. The molecule has 0 radical (unpaired) electrons. The Labute approximate surface area is 182 Å². The van der Waals surface area contributed by atoms with Crippen LogP contribution in [0.2, 0.25) is 0 Å². The van der Waals surface area contributed by atoms with E-state index in [-0.39, 0.29) is 17.8 Å². The Balaban J connectivity index is 1.42. The molecule has 1 aromatic heterocycles. The van der Waals surface area contributed by atoms with Gasteiger partial charge in [0.2, 0.25) is 5.91 Å². The first-order valence-electron chi connectivity index (χ1n) is 10.7. The maximum atomic E-state index is 13.5. The minimum atomic E-state index is -0.238. The summed E-state index contributed by atoms with van der Waals surface area (Å²) >= 11 is 0. The molecule has 1 aliphatic rings. The number of methoxy groups -OCH3 is 1. The Bertz CT molecular complexity index is 1040. The number of hydrogen-bond donors (Lipinski definition) is 0. The molecule has 0 unspecified atom stereocenters. The van der Waals surface area contributed by atoms with Gasteiger partial charge in [0.15, 0.2) is 0 Å². The molecule has 4 nitrogen and oxygen atoms in total. The summed E-state index contributed by atoms with van der Waals surface area (Å²) in [6, 6.07) is 20.4. The van der Waals surface area contributed by atoms with Gasteiger partial charge >= 0.3 is 0 Å². The smallest absolute Gasteiger partial charge is 0.223 e. The number of benzene rings is 2. The van der Waals surface area contributed by atoms with E-state index in [0.717, 1.165) is 47.7 Å². The molecule has 0 N–H and O–H groups in total. The molecule has 160 valence electrons. The molecule has 2 aromatic carbocycles. The number of rotatable bonds is 7. The first-order chi connectivity index (χ1) is 15.1. The van der Waals surface area contributed by atoms with E-state index < -0.39 is 0 Å². The summed E-state index contributed by atoms with van der Waals surface area (Å²) in [4.78, 5) is 19.8. The Morgan fingerprint density at radius 2 is 1.90 bits per heavy atom. The molecule has 4 rings (SSSR count). The SMILES string of the molecule is COc1ccc(CCC(=O)N2CCC[C@@H]2c2cccc(Cc3cccc(F)c3)n2)cc1. The van der Waals surface area contributed by atoms with E-state index in [1.807, 2.05) is 53.4 Å². The largest absolute Gasteiger partial charge is 0.497 e. The van der Waals surface area contributed by atoms with Crippen molar-refractivity contribution in [1.82, 2.24) is 9.88 Å². The van der Waals surface area contributed by atoms with Crippen LogP contribution in [0.3, 0.4) is 0 Å². The second kappa shape index (κ2) is 9.73. The van der Waals surface area contributed by atoms with Crippen molar-refractivity contribution in [2.75, 3.05) is 13.7 Å². The highest BCUT2D eigenvalue weighted by atomic mass is 19.1. The molecule has 1 amide bonds. The van der Waals surface area contributed by atoms with Crippen LogP contribution in [0, 0.1) is 5.82 Å². The number of carbonyl (C=O) groups excluding carboxylic acids is 1. The predicted molar refractivity (Wildman–Crippen MR) is 118 cm³/mol. The van der Waals surface area contributed by atoms with Crippen LogP contribution >= 0.6 is 0 Å². The van der Waals surface area contributed by atoms with Crippen molar-refractivity contribution in [3.63, 3.8) is 0 Å². The fourth-order valence-electron chi connectivity index (χ4n) is 4.20. The predicted octanol–water partition coefficient (Wildman–Crippen LogP) is 5.12. The van der Waals surface area contributed by atoms with Crippen molar-refractivity contribution in [1.29, 1.82) is 0 Å². The van der Waals surface area contributed by atoms with Gasteiger partial charge in [-0.2, -0.15) is 0 Å². The number of nitrogens with zero attached hydrogens (tertiary/aromatic N) is 2. The summed E-state index contributed by atoms with van der Waals surface area (Å²) in [7, 11) is 1.65. The van der Waals surface area contributed by atoms with Gasteiger partial charge < -0.3 is 9.64 Å². The first kappa shape index (κ1) is 21.0. The Morgan fingerprint density at radius 3 is 2.68 bits per heavy atom. The molecule has 0 aliphatic carbocycles. The summed E-state index contributed by atoms with van der Waals surface area (Å²) in [5, 5.41) is 0. The van der Waals surface area contributed by atoms with Crippen LogP contribution in [-0.4, -0.2) is 29.4 Å². The first-order valence-corrected chi connectivity index (χ1v) is 10.7. The van der Waals surface area contributed by atoms with Crippen LogP contribution < -0.4 is 4.74 Å². The van der Waals surface area contributed by atoms with Gasteiger partial charge in [0.1, 0.15) is 11.6 Å². The molecule has 3 aromatic rings. The number of aromatic nitrogens is 1. The fourth-order valence-corrected chi connectivity index (χ4v) is 4.20. The molecule has 31 heavy (non-hydrogen) atoms. The zero-order valence-electron chi connectivity index (χ0n) is 17.8. The molecule has 0 saturated carbocycles. The highest BCUT2D eigenvalue weighted by Gasteiger charge is 2.30. The standard InChI is InChI=1S/C26H27FN2O2/c1-31-23-13-10-19(11-14-23)12-15-26(30)29-16-4-9-25(29)24-8-3-7-22(28-24)18-20-5-2-6-21(27)17-20/h2-3,5-8,10-11,13-14,17,25H,4,9,12,15-16,18H2,1H3/t25-/m1/s1. The van der Waals surface area contributed by atoms with E-state index in [0.29, 0.717) is 19.3 Å². The van der Waals surface area contributed by atoms with Crippen molar-refractivity contribution in [3.8, 4) is 5.75 Å². The van der Waals surface area contributed by atoms with Gasteiger partial charge in [-0.15, -0.1) is 0 Å². The maximum absolute atomic E-state index is 13.5. The van der Waals surface area contributed by atoms with Gasteiger partial charge in [-0.05, 0) is 66.8 Å². The monoisotopic (exact) mass is 418 g/mol. The number of aryl methyl sites for hydroxylation is 1. The summed E-state index contributed by atoms with van der Waals surface area (Å²) < 4.78 is 18.7. The highest BCUT2D eigenvalue weighted by Crippen LogP contribution is 2.32. The average Bonchev–Trinajstić information content (AvgIpc) is 3.28. The van der Waals surface area contributed by atoms with Crippen molar-refractivity contribution < 1.29 is 13.9 Å². The van der Waals surface area contributed by atoms with Crippen LogP contribution in [0.5, 0.6) is 5.75 Å². The van der Waals surface area contributed by atoms with Crippen molar-refractivity contribution in [2.45, 2.75) is 38.1 Å². The number of amides is 1. The van der Waals surface area contributed by atoms with Crippen LogP contribution in [-0.2, 0) is 17.6 Å². The number of pyridine rings is 1. The van der Waals surface area contributed by atoms with Crippen molar-refractivity contribution >= 4 is 5.91 Å². The molecular formula is C26H27FN2O2. The summed E-state index contributed by atoms with van der Waals surface area (Å²) in [6.45, 7) is 0.766. The molecular weight excluding hydrogens is 391 g/mol. The Hall–Kier alpha value is -3.21. The minimum Gasteiger partial charge on any atom is -0.497 e. The van der Waals surface area contributed by atoms with E-state index in [4.69, 9.17) is 9.72 Å². The van der Waals surface area contributed by atoms with Gasteiger partial charge in [0.25, 0.3) is 0 Å². The molecule has 1 saturated heterocycles. The fraction of sp³-hybridized carbons (Fsp3) is 0.308. The average molecular weight is 419 g/mol. The third-order valence-electron chi connectivity index (χ3n) is 5.80.